The van der Waals surface area contributed by atoms with E-state index in [-0.39, 0.29) is 6.42 Å². The van der Waals surface area contributed by atoms with Crippen molar-refractivity contribution in [3.05, 3.63) is 24.3 Å². The molecule has 2 N–H and O–H groups in total. The predicted molar refractivity (Wildman–Crippen MR) is 51.8 cm³/mol. The Bertz CT molecular complexity index is 343. The summed E-state index contributed by atoms with van der Waals surface area (Å²) in [5, 5.41) is 0. The zero-order valence-electron chi connectivity index (χ0n) is 7.82. The van der Waals surface area contributed by atoms with Gasteiger partial charge in [-0.25, -0.2) is 4.79 Å². The van der Waals surface area contributed by atoms with Gasteiger partial charge in [0.05, 0.1) is 0 Å². The van der Waals surface area contributed by atoms with Crippen LogP contribution in [0.15, 0.2) is 24.3 Å². The van der Waals surface area contributed by atoms with Gasteiger partial charge in [0, 0.05) is 12.1 Å². The highest BCUT2D eigenvalue weighted by Gasteiger charge is 2.13. The molecule has 0 amide bonds. The maximum Gasteiger partial charge on any atom is 0.379 e. The lowest BCUT2D eigenvalue weighted by Gasteiger charge is -2.02. The molecule has 0 aliphatic carbocycles. The molecule has 4 nitrogen and oxygen atoms in total. The normalized spacial score (nSPS) is 9.50. The van der Waals surface area contributed by atoms with Gasteiger partial charge in [0.2, 0.25) is 5.78 Å². The summed E-state index contributed by atoms with van der Waals surface area (Å²) >= 11 is 0. The number of nitrogen functional groups attached to an aromatic ring is 1. The molecule has 0 aliphatic heterocycles. The average Bonchev–Trinajstić information content (AvgIpc) is 2.20. The molecule has 0 bridgehead atoms. The number of carbonyl (C=O) groups excluding carboxylic acids is 2. The molecule has 0 heterocycles. The minimum absolute atomic E-state index is 0.147. The van der Waals surface area contributed by atoms with Gasteiger partial charge in [0.15, 0.2) is 0 Å². The van der Waals surface area contributed by atoms with Crippen LogP contribution >= 0.6 is 0 Å². The molecule has 1 aromatic carbocycles. The number of anilines is 1. The first kappa shape index (κ1) is 10.2. The Labute approximate surface area is 81.7 Å². The van der Waals surface area contributed by atoms with E-state index in [1.807, 2.05) is 0 Å². The van der Waals surface area contributed by atoms with E-state index in [1.165, 1.54) is 12.1 Å². The van der Waals surface area contributed by atoms with Gasteiger partial charge < -0.3 is 10.5 Å². The van der Waals surface area contributed by atoms with Crippen molar-refractivity contribution in [2.45, 2.75) is 13.3 Å². The van der Waals surface area contributed by atoms with Crippen LogP contribution in [0.2, 0.25) is 0 Å². The molecule has 0 radical (unpaired) electrons. The molecule has 1 aromatic rings. The van der Waals surface area contributed by atoms with Crippen molar-refractivity contribution in [3.8, 4) is 5.75 Å². The van der Waals surface area contributed by atoms with Crippen LogP contribution < -0.4 is 10.5 Å². The summed E-state index contributed by atoms with van der Waals surface area (Å²) in [5.74, 6) is -1.05. The lowest BCUT2D eigenvalue weighted by molar-refractivity contribution is -0.146. The van der Waals surface area contributed by atoms with E-state index in [1.54, 1.807) is 19.1 Å². The molecular weight excluding hydrogens is 182 g/mol. The SMILES string of the molecule is CCC(=O)C(=O)Oc1ccc(N)cc1. The number of hydrogen-bond donors (Lipinski definition) is 1. The summed E-state index contributed by atoms with van der Waals surface area (Å²) in [6.45, 7) is 1.60. The van der Waals surface area contributed by atoms with Gasteiger partial charge in [-0.05, 0) is 24.3 Å². The molecule has 4 heteroatoms. The van der Waals surface area contributed by atoms with Crippen LogP contribution in [0.25, 0.3) is 0 Å². The molecule has 74 valence electrons. The number of carbonyl (C=O) groups is 2. The highest BCUT2D eigenvalue weighted by atomic mass is 16.5. The van der Waals surface area contributed by atoms with Gasteiger partial charge in [-0.2, -0.15) is 0 Å². The number of esters is 1. The Kier molecular flexibility index (Phi) is 3.23. The van der Waals surface area contributed by atoms with Gasteiger partial charge in [0.25, 0.3) is 0 Å². The van der Waals surface area contributed by atoms with Crippen LogP contribution in [0.1, 0.15) is 13.3 Å². The third kappa shape index (κ3) is 2.58. The lowest BCUT2D eigenvalue weighted by Crippen LogP contribution is -2.19. The molecule has 0 spiro atoms. The number of benzene rings is 1. The van der Waals surface area contributed by atoms with Crippen molar-refractivity contribution in [2.24, 2.45) is 0 Å². The topological polar surface area (TPSA) is 69.4 Å². The first-order valence-corrected chi connectivity index (χ1v) is 4.24. The highest BCUT2D eigenvalue weighted by Crippen LogP contribution is 2.13. The summed E-state index contributed by atoms with van der Waals surface area (Å²) in [7, 11) is 0. The number of Topliss-reactive ketones (excluding diaryl/α,β-unsaturated/α-hetero) is 1. The van der Waals surface area contributed by atoms with E-state index < -0.39 is 11.8 Å². The second-order valence-electron chi connectivity index (χ2n) is 2.74. The minimum atomic E-state index is -0.836. The van der Waals surface area contributed by atoms with Gasteiger partial charge in [-0.15, -0.1) is 0 Å². The molecule has 14 heavy (non-hydrogen) atoms. The van der Waals surface area contributed by atoms with Crippen molar-refractivity contribution in [3.63, 3.8) is 0 Å². The molecule has 0 fully saturated rings. The van der Waals surface area contributed by atoms with Gasteiger partial charge in [0.1, 0.15) is 5.75 Å². The Morgan fingerprint density at radius 2 is 1.86 bits per heavy atom. The van der Waals surface area contributed by atoms with E-state index in [4.69, 9.17) is 10.5 Å². The number of ketones is 1. The van der Waals surface area contributed by atoms with Crippen LogP contribution in [0.4, 0.5) is 5.69 Å². The highest BCUT2D eigenvalue weighted by molar-refractivity contribution is 6.34. The summed E-state index contributed by atoms with van der Waals surface area (Å²) in [6.07, 6.45) is 0.147. The molecule has 0 unspecified atom stereocenters. The fourth-order valence-electron chi connectivity index (χ4n) is 0.844. The Balaban J connectivity index is 2.65. The fraction of sp³-hybridized carbons (Fsp3) is 0.200. The van der Waals surface area contributed by atoms with Crippen LogP contribution in [0.3, 0.4) is 0 Å². The summed E-state index contributed by atoms with van der Waals surface area (Å²) in [5.41, 5.74) is 6.01. The van der Waals surface area contributed by atoms with E-state index in [0.717, 1.165) is 0 Å². The molecule has 0 aromatic heterocycles. The van der Waals surface area contributed by atoms with Crippen molar-refractivity contribution < 1.29 is 14.3 Å². The summed E-state index contributed by atoms with van der Waals surface area (Å²) < 4.78 is 4.78. The first-order valence-electron chi connectivity index (χ1n) is 4.24. The van der Waals surface area contributed by atoms with Crippen molar-refractivity contribution in [1.29, 1.82) is 0 Å². The number of rotatable bonds is 3. The monoisotopic (exact) mass is 193 g/mol. The third-order valence-electron chi connectivity index (χ3n) is 1.64. The Morgan fingerprint density at radius 3 is 2.36 bits per heavy atom. The maximum absolute atomic E-state index is 11.0. The number of nitrogens with two attached hydrogens (primary N) is 1. The maximum atomic E-state index is 11.0. The quantitative estimate of drug-likeness (QED) is 0.338. The van der Waals surface area contributed by atoms with Crippen molar-refractivity contribution in [2.75, 3.05) is 5.73 Å². The average molecular weight is 193 g/mol. The van der Waals surface area contributed by atoms with Crippen LogP contribution in [0.5, 0.6) is 5.75 Å². The largest absolute Gasteiger partial charge is 0.421 e. The number of ether oxygens (including phenoxy) is 1. The smallest absolute Gasteiger partial charge is 0.379 e. The minimum Gasteiger partial charge on any atom is -0.421 e. The molecule has 0 aliphatic rings. The van der Waals surface area contributed by atoms with Gasteiger partial charge in [-0.3, -0.25) is 4.79 Å². The van der Waals surface area contributed by atoms with Gasteiger partial charge in [-0.1, -0.05) is 6.92 Å². The summed E-state index contributed by atoms with van der Waals surface area (Å²) in [4.78, 5) is 21.9. The van der Waals surface area contributed by atoms with Gasteiger partial charge >= 0.3 is 5.97 Å². The molecular formula is C10H11NO3. The molecule has 0 saturated carbocycles. The zero-order chi connectivity index (χ0) is 10.6. The van der Waals surface area contributed by atoms with Crippen LogP contribution in [-0.2, 0) is 9.59 Å². The second kappa shape index (κ2) is 4.41. The van der Waals surface area contributed by atoms with E-state index in [9.17, 15) is 9.59 Å². The van der Waals surface area contributed by atoms with E-state index >= 15 is 0 Å². The fourth-order valence-corrected chi connectivity index (χ4v) is 0.844. The molecule has 0 atom stereocenters. The van der Waals surface area contributed by atoms with Crippen LogP contribution in [-0.4, -0.2) is 11.8 Å². The Morgan fingerprint density at radius 1 is 1.29 bits per heavy atom. The number of hydrogen-bond acceptors (Lipinski definition) is 4. The molecule has 0 saturated heterocycles. The van der Waals surface area contributed by atoms with Crippen molar-refractivity contribution >= 4 is 17.4 Å². The predicted octanol–water partition coefficient (Wildman–Crippen LogP) is 1.15. The zero-order valence-corrected chi connectivity index (χ0v) is 7.82. The van der Waals surface area contributed by atoms with Crippen molar-refractivity contribution in [1.82, 2.24) is 0 Å². The first-order chi connectivity index (χ1) is 6.63. The van der Waals surface area contributed by atoms with E-state index in [0.29, 0.717) is 11.4 Å². The summed E-state index contributed by atoms with van der Waals surface area (Å²) in [6, 6.07) is 6.27. The van der Waals surface area contributed by atoms with Crippen LogP contribution in [0, 0.1) is 0 Å². The van der Waals surface area contributed by atoms with E-state index in [2.05, 4.69) is 0 Å². The third-order valence-corrected chi connectivity index (χ3v) is 1.64. The standard InChI is InChI=1S/C10H11NO3/c1-2-9(12)10(13)14-8-5-3-7(11)4-6-8/h3-6H,2,11H2,1H3. The Hall–Kier alpha value is -1.84. The molecule has 1 rings (SSSR count). The lowest BCUT2D eigenvalue weighted by atomic mass is 10.3. The second-order valence-corrected chi connectivity index (χ2v) is 2.74.